The van der Waals surface area contributed by atoms with E-state index < -0.39 is 0 Å². The van der Waals surface area contributed by atoms with Crippen LogP contribution in [0.3, 0.4) is 0 Å². The molecule has 23 heavy (non-hydrogen) atoms. The molecule has 0 spiro atoms. The fourth-order valence-electron chi connectivity index (χ4n) is 3.06. The number of ether oxygens (including phenoxy) is 1. The number of amides is 2. The third kappa shape index (κ3) is 3.25. The van der Waals surface area contributed by atoms with Crippen LogP contribution in [-0.4, -0.2) is 43.1 Å². The van der Waals surface area contributed by atoms with E-state index in [1.54, 1.807) is 18.3 Å². The predicted molar refractivity (Wildman–Crippen MR) is 88.2 cm³/mol. The number of fused-ring (bicyclic) bond motifs is 1. The Kier molecular flexibility index (Phi) is 4.68. The number of carbonyl (C=O) groups excluding carboxylic acids is 2. The van der Waals surface area contributed by atoms with Crippen LogP contribution in [0.2, 0.25) is 0 Å². The molecule has 1 atom stereocenters. The van der Waals surface area contributed by atoms with Crippen LogP contribution in [0.25, 0.3) is 0 Å². The molecule has 0 aliphatic carbocycles. The van der Waals surface area contributed by atoms with E-state index in [0.717, 1.165) is 13.0 Å². The van der Waals surface area contributed by atoms with Crippen molar-refractivity contribution in [2.24, 2.45) is 0 Å². The van der Waals surface area contributed by atoms with Crippen LogP contribution in [0, 0.1) is 0 Å². The zero-order valence-electron chi connectivity index (χ0n) is 13.3. The predicted octanol–water partition coefficient (Wildman–Crippen LogP) is 1.80. The second-order valence-corrected chi connectivity index (χ2v) is 6.68. The van der Waals surface area contributed by atoms with Crippen LogP contribution in [0.5, 0.6) is 0 Å². The molecule has 0 unspecified atom stereocenters. The standard InChI is InChI=1S/C16H21N3O3S/c1-3-22-15(20)12-8-17-16(21)18-13(12)9-19-6-4-14-11(10(19)2)5-7-23-14/h5,7,10H,3-4,6,8-9H2,1-2H3,(H2,17,18,21)/t10-/m1/s1. The van der Waals surface area contributed by atoms with Crippen LogP contribution in [0.15, 0.2) is 22.7 Å². The molecule has 6 nitrogen and oxygen atoms in total. The third-order valence-corrected chi connectivity index (χ3v) is 5.34. The van der Waals surface area contributed by atoms with Gasteiger partial charge in [-0.3, -0.25) is 4.90 Å². The minimum absolute atomic E-state index is 0.214. The average Bonchev–Trinajstić information content (AvgIpc) is 3.00. The van der Waals surface area contributed by atoms with Crippen molar-refractivity contribution in [1.29, 1.82) is 0 Å². The Morgan fingerprint density at radius 2 is 2.35 bits per heavy atom. The summed E-state index contributed by atoms with van der Waals surface area (Å²) in [5.74, 6) is -0.365. The smallest absolute Gasteiger partial charge is 0.337 e. The number of nitrogens with zero attached hydrogens (tertiary/aromatic N) is 1. The van der Waals surface area contributed by atoms with Crippen molar-refractivity contribution < 1.29 is 14.3 Å². The van der Waals surface area contributed by atoms with Crippen LogP contribution < -0.4 is 10.6 Å². The van der Waals surface area contributed by atoms with Crippen molar-refractivity contribution in [3.63, 3.8) is 0 Å². The number of thiophene rings is 1. The first-order valence-electron chi connectivity index (χ1n) is 7.84. The maximum absolute atomic E-state index is 12.1. The monoisotopic (exact) mass is 335 g/mol. The quantitative estimate of drug-likeness (QED) is 0.823. The lowest BCUT2D eigenvalue weighted by atomic mass is 10.0. The molecule has 2 amide bonds. The first-order chi connectivity index (χ1) is 11.1. The molecule has 0 aromatic carbocycles. The number of urea groups is 1. The largest absolute Gasteiger partial charge is 0.463 e. The maximum atomic E-state index is 12.1. The van der Waals surface area contributed by atoms with Crippen molar-refractivity contribution in [1.82, 2.24) is 15.5 Å². The zero-order valence-corrected chi connectivity index (χ0v) is 14.2. The number of rotatable bonds is 4. The minimum Gasteiger partial charge on any atom is -0.463 e. The molecule has 3 heterocycles. The summed E-state index contributed by atoms with van der Waals surface area (Å²) in [4.78, 5) is 27.5. The van der Waals surface area contributed by atoms with Crippen molar-refractivity contribution >= 4 is 23.3 Å². The molecule has 0 radical (unpaired) electrons. The zero-order chi connectivity index (χ0) is 16.4. The number of carbonyl (C=O) groups is 2. The van der Waals surface area contributed by atoms with Crippen LogP contribution in [-0.2, 0) is 16.0 Å². The third-order valence-electron chi connectivity index (χ3n) is 4.34. The first-order valence-corrected chi connectivity index (χ1v) is 8.72. The normalized spacial score (nSPS) is 21.5. The SMILES string of the molecule is CCOC(=O)C1=C(CN2CCc3sccc3[C@H]2C)NC(=O)NC1. The Hall–Kier alpha value is -1.86. The number of hydrogen-bond donors (Lipinski definition) is 2. The average molecular weight is 335 g/mol. The highest BCUT2D eigenvalue weighted by molar-refractivity contribution is 7.10. The minimum atomic E-state index is -0.365. The van der Waals surface area contributed by atoms with Crippen molar-refractivity contribution in [3.8, 4) is 0 Å². The number of hydrogen-bond acceptors (Lipinski definition) is 5. The molecular weight excluding hydrogens is 314 g/mol. The Morgan fingerprint density at radius 1 is 1.52 bits per heavy atom. The van der Waals surface area contributed by atoms with Gasteiger partial charge >= 0.3 is 12.0 Å². The molecule has 0 saturated heterocycles. The fourth-order valence-corrected chi connectivity index (χ4v) is 4.02. The van der Waals surface area contributed by atoms with E-state index >= 15 is 0 Å². The van der Waals surface area contributed by atoms with Gasteiger partial charge < -0.3 is 15.4 Å². The van der Waals surface area contributed by atoms with Gasteiger partial charge in [-0.15, -0.1) is 11.3 Å². The summed E-state index contributed by atoms with van der Waals surface area (Å²) in [5, 5.41) is 7.54. The summed E-state index contributed by atoms with van der Waals surface area (Å²) in [5.41, 5.74) is 2.51. The number of esters is 1. The molecule has 2 aliphatic rings. The molecule has 2 aliphatic heterocycles. The van der Waals surface area contributed by atoms with Crippen molar-refractivity contribution in [2.75, 3.05) is 26.2 Å². The lowest BCUT2D eigenvalue weighted by Gasteiger charge is -2.35. The Morgan fingerprint density at radius 3 is 3.13 bits per heavy atom. The molecule has 3 rings (SSSR count). The van der Waals surface area contributed by atoms with E-state index in [0.29, 0.717) is 24.4 Å². The summed E-state index contributed by atoms with van der Waals surface area (Å²) >= 11 is 1.80. The second kappa shape index (κ2) is 6.72. The van der Waals surface area contributed by atoms with Gasteiger partial charge in [-0.05, 0) is 37.3 Å². The van der Waals surface area contributed by atoms with Gasteiger partial charge in [-0.25, -0.2) is 9.59 Å². The van der Waals surface area contributed by atoms with Gasteiger partial charge in [0.25, 0.3) is 0 Å². The van der Waals surface area contributed by atoms with E-state index in [2.05, 4.69) is 33.9 Å². The van der Waals surface area contributed by atoms with E-state index in [9.17, 15) is 9.59 Å². The maximum Gasteiger partial charge on any atom is 0.337 e. The Bertz CT molecular complexity index is 653. The highest BCUT2D eigenvalue weighted by atomic mass is 32.1. The highest BCUT2D eigenvalue weighted by Gasteiger charge is 2.29. The number of nitrogens with one attached hydrogen (secondary N) is 2. The van der Waals surface area contributed by atoms with E-state index in [1.165, 1.54) is 10.4 Å². The van der Waals surface area contributed by atoms with Gasteiger partial charge in [0.05, 0.1) is 18.7 Å². The molecule has 2 N–H and O–H groups in total. The molecule has 0 bridgehead atoms. The van der Waals surface area contributed by atoms with Crippen LogP contribution >= 0.6 is 11.3 Å². The topological polar surface area (TPSA) is 70.7 Å². The molecule has 1 aromatic rings. The van der Waals surface area contributed by atoms with Gasteiger partial charge in [0.1, 0.15) is 0 Å². The summed E-state index contributed by atoms with van der Waals surface area (Å²) in [6, 6.07) is 2.17. The lowest BCUT2D eigenvalue weighted by Crippen LogP contribution is -2.47. The molecule has 7 heteroatoms. The molecule has 0 saturated carbocycles. The van der Waals surface area contributed by atoms with Crippen LogP contribution in [0.4, 0.5) is 4.79 Å². The molecular formula is C16H21N3O3S. The van der Waals surface area contributed by atoms with Crippen LogP contribution in [0.1, 0.15) is 30.3 Å². The fraction of sp³-hybridized carbons (Fsp3) is 0.500. The van der Waals surface area contributed by atoms with Gasteiger partial charge in [0.15, 0.2) is 0 Å². The molecule has 0 fully saturated rings. The van der Waals surface area contributed by atoms with Crippen molar-refractivity contribution in [2.45, 2.75) is 26.3 Å². The van der Waals surface area contributed by atoms with E-state index in [4.69, 9.17) is 4.74 Å². The van der Waals surface area contributed by atoms with E-state index in [1.807, 2.05) is 0 Å². The summed E-state index contributed by atoms with van der Waals surface area (Å²) in [6.07, 6.45) is 1.01. The summed E-state index contributed by atoms with van der Waals surface area (Å²) in [6.45, 7) is 5.93. The highest BCUT2D eigenvalue weighted by Crippen LogP contribution is 2.33. The van der Waals surface area contributed by atoms with Gasteiger partial charge in [-0.2, -0.15) is 0 Å². The van der Waals surface area contributed by atoms with Crippen molar-refractivity contribution in [3.05, 3.63) is 33.2 Å². The second-order valence-electron chi connectivity index (χ2n) is 5.68. The van der Waals surface area contributed by atoms with E-state index in [-0.39, 0.29) is 24.6 Å². The lowest BCUT2D eigenvalue weighted by molar-refractivity contribution is -0.138. The first kappa shape index (κ1) is 16.0. The molecule has 124 valence electrons. The summed E-state index contributed by atoms with van der Waals surface area (Å²) < 4.78 is 5.10. The Labute approximate surface area is 139 Å². The summed E-state index contributed by atoms with van der Waals surface area (Å²) in [7, 11) is 0. The Balaban J connectivity index is 1.81. The van der Waals surface area contributed by atoms with Gasteiger partial charge in [-0.1, -0.05) is 0 Å². The van der Waals surface area contributed by atoms with Gasteiger partial charge in [0.2, 0.25) is 0 Å². The van der Waals surface area contributed by atoms with Gasteiger partial charge in [0, 0.05) is 29.7 Å². The molecule has 1 aromatic heterocycles.